The maximum absolute atomic E-state index is 17.1. The minimum atomic E-state index is -1.98. The van der Waals surface area contributed by atoms with Crippen LogP contribution < -0.4 is 0 Å². The van der Waals surface area contributed by atoms with Crippen LogP contribution in [0.5, 0.6) is 0 Å². The van der Waals surface area contributed by atoms with Gasteiger partial charge in [-0.1, -0.05) is 24.6 Å². The molecule has 4 unspecified atom stereocenters. The first-order chi connectivity index (χ1) is 14.4. The van der Waals surface area contributed by atoms with Crippen molar-refractivity contribution in [3.05, 3.63) is 23.8 Å². The second-order valence-electron chi connectivity index (χ2n) is 10.9. The van der Waals surface area contributed by atoms with Gasteiger partial charge in [-0.15, -0.1) is 0 Å². The fourth-order valence-corrected chi connectivity index (χ4v) is 7.83. The van der Waals surface area contributed by atoms with Gasteiger partial charge in [0.15, 0.2) is 28.6 Å². The van der Waals surface area contributed by atoms with E-state index in [9.17, 15) is 19.8 Å². The van der Waals surface area contributed by atoms with Gasteiger partial charge in [0, 0.05) is 23.2 Å². The summed E-state index contributed by atoms with van der Waals surface area (Å²) in [6, 6.07) is 0. The monoisotopic (exact) mass is 434 g/mol. The van der Waals surface area contributed by atoms with Crippen LogP contribution in [-0.2, 0) is 19.1 Å². The lowest BCUT2D eigenvalue weighted by molar-refractivity contribution is -0.243. The Morgan fingerprint density at radius 3 is 2.65 bits per heavy atom. The van der Waals surface area contributed by atoms with E-state index < -0.39 is 58.4 Å². The molecule has 0 aromatic rings. The summed E-state index contributed by atoms with van der Waals surface area (Å²) in [5, 5.41) is 21.2. The molecular formula is C24H31FO6. The second kappa shape index (κ2) is 6.13. The number of aliphatic hydroxyl groups is 2. The Kier molecular flexibility index (Phi) is 4.24. The summed E-state index contributed by atoms with van der Waals surface area (Å²) in [5.41, 5.74) is -4.68. The lowest BCUT2D eigenvalue weighted by Gasteiger charge is -2.62. The SMILES string of the molecule is CC1(C)O[C@@H]2CC3C4CC=C5CC(=O)C=CC5(C)[C@@]4(F)[C@@H](O)CC3(C)[C@]2(C(=O)CO)O1. The molecule has 6 nitrogen and oxygen atoms in total. The zero-order valence-electron chi connectivity index (χ0n) is 18.5. The molecule has 31 heavy (non-hydrogen) atoms. The first-order valence-corrected chi connectivity index (χ1v) is 11.2. The van der Waals surface area contributed by atoms with Gasteiger partial charge in [0.05, 0.1) is 12.2 Å². The number of carbonyl (C=O) groups is 2. The number of carbonyl (C=O) groups excluding carboxylic acids is 2. The van der Waals surface area contributed by atoms with Gasteiger partial charge in [0.2, 0.25) is 0 Å². The number of ketones is 2. The number of aliphatic hydroxyl groups excluding tert-OH is 2. The normalized spacial score (nSPS) is 52.1. The van der Waals surface area contributed by atoms with Gasteiger partial charge in [-0.05, 0) is 52.0 Å². The number of hydrogen-bond acceptors (Lipinski definition) is 6. The zero-order valence-corrected chi connectivity index (χ0v) is 18.5. The smallest absolute Gasteiger partial charge is 0.193 e. The van der Waals surface area contributed by atoms with Crippen LogP contribution in [0, 0.1) is 22.7 Å². The molecule has 4 aliphatic carbocycles. The molecule has 7 heteroatoms. The summed E-state index contributed by atoms with van der Waals surface area (Å²) in [6.07, 6.45) is 3.97. The van der Waals surface area contributed by atoms with Crippen LogP contribution in [0.25, 0.3) is 0 Å². The average Bonchev–Trinajstić information content (AvgIpc) is 3.09. The molecule has 2 saturated carbocycles. The number of hydrogen-bond donors (Lipinski definition) is 2. The number of rotatable bonds is 2. The molecule has 8 atom stereocenters. The van der Waals surface area contributed by atoms with E-state index in [1.165, 1.54) is 6.08 Å². The van der Waals surface area contributed by atoms with E-state index in [4.69, 9.17) is 9.47 Å². The Hall–Kier alpha value is -1.41. The van der Waals surface area contributed by atoms with Crippen molar-refractivity contribution in [1.82, 2.24) is 0 Å². The molecule has 2 N–H and O–H groups in total. The Labute approximate surface area is 181 Å². The Bertz CT molecular complexity index is 925. The largest absolute Gasteiger partial charge is 0.390 e. The molecule has 0 bridgehead atoms. The summed E-state index contributed by atoms with van der Waals surface area (Å²) >= 11 is 0. The third-order valence-electron chi connectivity index (χ3n) is 9.16. The highest BCUT2D eigenvalue weighted by Gasteiger charge is 2.79. The molecule has 1 heterocycles. The first-order valence-electron chi connectivity index (χ1n) is 11.2. The summed E-state index contributed by atoms with van der Waals surface area (Å²) in [5.74, 6) is -2.42. The topological polar surface area (TPSA) is 93.1 Å². The van der Waals surface area contributed by atoms with Gasteiger partial charge in [0.1, 0.15) is 6.61 Å². The number of halogens is 1. The van der Waals surface area contributed by atoms with Crippen molar-refractivity contribution in [2.45, 2.75) is 82.6 Å². The summed E-state index contributed by atoms with van der Waals surface area (Å²) in [7, 11) is 0. The van der Waals surface area contributed by atoms with Crippen molar-refractivity contribution in [1.29, 1.82) is 0 Å². The fraction of sp³-hybridized carbons (Fsp3) is 0.750. The average molecular weight is 435 g/mol. The molecule has 5 rings (SSSR count). The molecule has 0 radical (unpaired) electrons. The third kappa shape index (κ3) is 2.31. The van der Waals surface area contributed by atoms with E-state index in [2.05, 4.69) is 0 Å². The molecule has 5 aliphatic rings. The van der Waals surface area contributed by atoms with Crippen LogP contribution >= 0.6 is 0 Å². The molecule has 0 aromatic carbocycles. The maximum Gasteiger partial charge on any atom is 0.193 e. The van der Waals surface area contributed by atoms with Crippen molar-refractivity contribution < 1.29 is 33.7 Å². The van der Waals surface area contributed by atoms with Crippen molar-refractivity contribution in [3.63, 3.8) is 0 Å². The summed E-state index contributed by atoms with van der Waals surface area (Å²) in [4.78, 5) is 25.1. The van der Waals surface area contributed by atoms with E-state index in [0.29, 0.717) is 12.8 Å². The zero-order chi connectivity index (χ0) is 22.6. The predicted molar refractivity (Wildman–Crippen MR) is 109 cm³/mol. The molecular weight excluding hydrogens is 403 g/mol. The van der Waals surface area contributed by atoms with E-state index in [-0.39, 0.29) is 24.5 Å². The van der Waals surface area contributed by atoms with Crippen LogP contribution in [0.2, 0.25) is 0 Å². The Morgan fingerprint density at radius 1 is 1.26 bits per heavy atom. The van der Waals surface area contributed by atoms with Crippen LogP contribution in [0.15, 0.2) is 23.8 Å². The number of alkyl halides is 1. The van der Waals surface area contributed by atoms with Gasteiger partial charge < -0.3 is 19.7 Å². The molecule has 3 fully saturated rings. The number of fused-ring (bicyclic) bond motifs is 7. The Morgan fingerprint density at radius 2 is 1.97 bits per heavy atom. The first kappa shape index (κ1) is 21.4. The van der Waals surface area contributed by atoms with Crippen molar-refractivity contribution >= 4 is 11.6 Å². The van der Waals surface area contributed by atoms with E-state index in [0.717, 1.165) is 5.57 Å². The van der Waals surface area contributed by atoms with Crippen LogP contribution in [0.3, 0.4) is 0 Å². The number of allylic oxidation sites excluding steroid dienone is 4. The van der Waals surface area contributed by atoms with Crippen molar-refractivity contribution in [3.8, 4) is 0 Å². The fourth-order valence-electron chi connectivity index (χ4n) is 7.83. The minimum Gasteiger partial charge on any atom is -0.390 e. The van der Waals surface area contributed by atoms with Crippen molar-refractivity contribution in [2.75, 3.05) is 6.61 Å². The Balaban J connectivity index is 1.65. The summed E-state index contributed by atoms with van der Waals surface area (Å²) < 4.78 is 29.5. The standard InChI is InChI=1S/C24H31FO6/c1-20(2)30-19-10-16-15-6-5-13-9-14(27)7-8-21(13,3)23(15,25)17(28)11-22(16,4)24(19,31-20)18(29)12-26/h5,7-8,15-17,19,26,28H,6,9-12H2,1-4H3/t15?,16?,17-,19+,21?,22?,23-,24+/m0/s1. The quantitative estimate of drug-likeness (QED) is 0.649. The summed E-state index contributed by atoms with van der Waals surface area (Å²) in [6.45, 7) is 6.40. The van der Waals surface area contributed by atoms with E-state index in [1.807, 2.05) is 13.0 Å². The van der Waals surface area contributed by atoms with Crippen LogP contribution in [0.1, 0.15) is 53.4 Å². The van der Waals surface area contributed by atoms with Gasteiger partial charge in [-0.25, -0.2) is 4.39 Å². The highest BCUT2D eigenvalue weighted by Crippen LogP contribution is 2.71. The number of ether oxygens (including phenoxy) is 2. The lowest BCUT2D eigenvalue weighted by Crippen LogP contribution is -2.69. The van der Waals surface area contributed by atoms with Gasteiger partial charge in [-0.2, -0.15) is 0 Å². The van der Waals surface area contributed by atoms with Crippen LogP contribution in [0.4, 0.5) is 4.39 Å². The highest BCUT2D eigenvalue weighted by molar-refractivity contribution is 5.94. The van der Waals surface area contributed by atoms with Crippen LogP contribution in [-0.4, -0.2) is 57.7 Å². The highest BCUT2D eigenvalue weighted by atomic mass is 19.1. The van der Waals surface area contributed by atoms with E-state index >= 15 is 4.39 Å². The predicted octanol–water partition coefficient (Wildman–Crippen LogP) is 2.42. The molecule has 170 valence electrons. The third-order valence-corrected chi connectivity index (χ3v) is 9.16. The molecule has 0 amide bonds. The number of Topliss-reactive ketones (excluding diaryl/α,β-unsaturated/α-hetero) is 1. The molecule has 1 aliphatic heterocycles. The van der Waals surface area contributed by atoms with Gasteiger partial charge >= 0.3 is 0 Å². The second-order valence-corrected chi connectivity index (χ2v) is 10.9. The maximum atomic E-state index is 17.1. The molecule has 0 aromatic heterocycles. The van der Waals surface area contributed by atoms with Gasteiger partial charge in [0.25, 0.3) is 0 Å². The van der Waals surface area contributed by atoms with Gasteiger partial charge in [-0.3, -0.25) is 9.59 Å². The molecule has 0 spiro atoms. The van der Waals surface area contributed by atoms with Crippen molar-refractivity contribution in [2.24, 2.45) is 22.7 Å². The lowest BCUT2D eigenvalue weighted by atomic mass is 9.45. The minimum absolute atomic E-state index is 0.0109. The molecule has 1 saturated heterocycles. The van der Waals surface area contributed by atoms with E-state index in [1.54, 1.807) is 26.8 Å².